The van der Waals surface area contributed by atoms with Crippen LogP contribution in [0.15, 0.2) is 22.6 Å². The largest absolute Gasteiger partial charge is 0.496 e. The number of furan rings is 1. The van der Waals surface area contributed by atoms with Crippen molar-refractivity contribution in [3.05, 3.63) is 52.0 Å². The summed E-state index contributed by atoms with van der Waals surface area (Å²) in [5, 5.41) is -0.194. The molecule has 0 fully saturated rings. The van der Waals surface area contributed by atoms with Gasteiger partial charge in [0.1, 0.15) is 17.3 Å². The van der Waals surface area contributed by atoms with E-state index in [-0.39, 0.29) is 5.38 Å². The highest BCUT2D eigenvalue weighted by molar-refractivity contribution is 6.22. The summed E-state index contributed by atoms with van der Waals surface area (Å²) in [4.78, 5) is 0. The van der Waals surface area contributed by atoms with Gasteiger partial charge in [-0.2, -0.15) is 0 Å². The second kappa shape index (κ2) is 5.30. The van der Waals surface area contributed by atoms with Gasteiger partial charge in [0.2, 0.25) is 0 Å². The van der Waals surface area contributed by atoms with Crippen LogP contribution in [0.25, 0.3) is 0 Å². The van der Waals surface area contributed by atoms with E-state index in [4.69, 9.17) is 20.8 Å². The van der Waals surface area contributed by atoms with Crippen molar-refractivity contribution in [3.63, 3.8) is 0 Å². The van der Waals surface area contributed by atoms with Gasteiger partial charge in [-0.25, -0.2) is 0 Å². The van der Waals surface area contributed by atoms with Crippen LogP contribution in [0.4, 0.5) is 0 Å². The third-order valence-electron chi connectivity index (χ3n) is 3.33. The van der Waals surface area contributed by atoms with Crippen molar-refractivity contribution < 1.29 is 9.15 Å². The molecule has 0 spiro atoms. The van der Waals surface area contributed by atoms with Gasteiger partial charge in [-0.1, -0.05) is 12.1 Å². The smallest absolute Gasteiger partial charge is 0.124 e. The summed E-state index contributed by atoms with van der Waals surface area (Å²) < 4.78 is 10.9. The minimum atomic E-state index is -0.194. The van der Waals surface area contributed by atoms with Crippen LogP contribution in [-0.2, 0) is 0 Å². The van der Waals surface area contributed by atoms with Crippen molar-refractivity contribution in [2.45, 2.75) is 33.1 Å². The van der Waals surface area contributed by atoms with Crippen LogP contribution in [0.2, 0.25) is 0 Å². The maximum atomic E-state index is 6.59. The summed E-state index contributed by atoms with van der Waals surface area (Å²) in [5.41, 5.74) is 4.30. The molecule has 1 aromatic carbocycles. The third-order valence-corrected chi connectivity index (χ3v) is 3.82. The van der Waals surface area contributed by atoms with Crippen molar-refractivity contribution in [2.75, 3.05) is 7.11 Å². The molecule has 0 aliphatic heterocycles. The number of hydrogen-bond acceptors (Lipinski definition) is 2. The molecule has 3 heteroatoms. The summed E-state index contributed by atoms with van der Waals surface area (Å²) in [7, 11) is 1.69. The molecular formula is C16H19ClO2. The maximum absolute atomic E-state index is 6.59. The van der Waals surface area contributed by atoms with Gasteiger partial charge in [0.05, 0.1) is 12.5 Å². The van der Waals surface area contributed by atoms with E-state index in [0.717, 1.165) is 39.5 Å². The molecule has 1 atom stereocenters. The summed E-state index contributed by atoms with van der Waals surface area (Å²) >= 11 is 6.59. The van der Waals surface area contributed by atoms with Crippen molar-refractivity contribution in [2.24, 2.45) is 0 Å². The van der Waals surface area contributed by atoms with Crippen LogP contribution in [-0.4, -0.2) is 7.11 Å². The third kappa shape index (κ3) is 2.64. The lowest BCUT2D eigenvalue weighted by molar-refractivity contribution is 0.408. The second-order valence-electron chi connectivity index (χ2n) is 4.92. The molecule has 0 bridgehead atoms. The number of alkyl halides is 1. The predicted octanol–water partition coefficient (Wildman–Crippen LogP) is 4.85. The predicted molar refractivity (Wildman–Crippen MR) is 78.3 cm³/mol. The molecule has 1 aromatic heterocycles. The number of hydrogen-bond donors (Lipinski definition) is 0. The fourth-order valence-electron chi connectivity index (χ4n) is 2.53. The first-order valence-electron chi connectivity index (χ1n) is 6.30. The van der Waals surface area contributed by atoms with Gasteiger partial charge in [0.15, 0.2) is 0 Å². The van der Waals surface area contributed by atoms with Crippen LogP contribution in [0.3, 0.4) is 0 Å². The number of halogens is 1. The number of rotatable bonds is 3. The van der Waals surface area contributed by atoms with E-state index in [9.17, 15) is 0 Å². The SMILES string of the molecule is COc1c(C)cc(C(Cl)c2cc(C)oc2C)cc1C. The zero-order chi connectivity index (χ0) is 14.2. The molecule has 0 saturated heterocycles. The van der Waals surface area contributed by atoms with E-state index in [1.54, 1.807) is 7.11 Å². The van der Waals surface area contributed by atoms with Crippen LogP contribution in [0.1, 0.15) is 39.2 Å². The van der Waals surface area contributed by atoms with Gasteiger partial charge in [-0.05, 0) is 50.5 Å². The summed E-state index contributed by atoms with van der Waals surface area (Å²) in [6, 6.07) is 6.15. The quantitative estimate of drug-likeness (QED) is 0.749. The number of aryl methyl sites for hydroxylation is 4. The Morgan fingerprint density at radius 1 is 1.05 bits per heavy atom. The molecule has 0 aliphatic rings. The molecule has 0 aliphatic carbocycles. The van der Waals surface area contributed by atoms with Crippen molar-refractivity contribution in [3.8, 4) is 5.75 Å². The number of benzene rings is 1. The Morgan fingerprint density at radius 3 is 2.05 bits per heavy atom. The van der Waals surface area contributed by atoms with Crippen molar-refractivity contribution >= 4 is 11.6 Å². The fraction of sp³-hybridized carbons (Fsp3) is 0.375. The van der Waals surface area contributed by atoms with Gasteiger partial charge in [0, 0.05) is 5.56 Å². The van der Waals surface area contributed by atoms with Crippen LogP contribution < -0.4 is 4.74 Å². The van der Waals surface area contributed by atoms with Gasteiger partial charge in [-0.15, -0.1) is 11.6 Å². The highest BCUT2D eigenvalue weighted by Crippen LogP contribution is 2.36. The van der Waals surface area contributed by atoms with Gasteiger partial charge in [0.25, 0.3) is 0 Å². The molecule has 0 amide bonds. The first-order chi connectivity index (χ1) is 8.93. The van der Waals surface area contributed by atoms with Gasteiger partial charge < -0.3 is 9.15 Å². The van der Waals surface area contributed by atoms with Gasteiger partial charge in [-0.3, -0.25) is 0 Å². The summed E-state index contributed by atoms with van der Waals surface area (Å²) in [5.74, 6) is 2.69. The summed E-state index contributed by atoms with van der Waals surface area (Å²) in [6.45, 7) is 7.95. The molecule has 1 heterocycles. The molecule has 0 saturated carbocycles. The van der Waals surface area contributed by atoms with Crippen LogP contribution in [0, 0.1) is 27.7 Å². The fourth-order valence-corrected chi connectivity index (χ4v) is 2.88. The number of methoxy groups -OCH3 is 1. The zero-order valence-electron chi connectivity index (χ0n) is 12.0. The monoisotopic (exact) mass is 278 g/mol. The molecule has 2 rings (SSSR count). The molecule has 19 heavy (non-hydrogen) atoms. The Labute approximate surface area is 119 Å². The van der Waals surface area contributed by atoms with Crippen molar-refractivity contribution in [1.29, 1.82) is 0 Å². The van der Waals surface area contributed by atoms with E-state index in [0.29, 0.717) is 0 Å². The van der Waals surface area contributed by atoms with Crippen LogP contribution >= 0.6 is 11.6 Å². The van der Waals surface area contributed by atoms with Crippen molar-refractivity contribution in [1.82, 2.24) is 0 Å². The number of ether oxygens (including phenoxy) is 1. The van der Waals surface area contributed by atoms with E-state index in [1.807, 2.05) is 33.8 Å². The molecule has 102 valence electrons. The standard InChI is InChI=1S/C16H19ClO2/c1-9-6-13(7-10(2)16(9)18-5)15(17)14-8-11(3)19-12(14)4/h6-8,15H,1-5H3. The van der Waals surface area contributed by atoms with Gasteiger partial charge >= 0.3 is 0 Å². The van der Waals surface area contributed by atoms with Crippen LogP contribution in [0.5, 0.6) is 5.75 Å². The lowest BCUT2D eigenvalue weighted by Crippen LogP contribution is -1.98. The minimum absolute atomic E-state index is 0.194. The topological polar surface area (TPSA) is 22.4 Å². The molecule has 2 aromatic rings. The molecular weight excluding hydrogens is 260 g/mol. The van der Waals surface area contributed by atoms with E-state index in [2.05, 4.69) is 12.1 Å². The second-order valence-corrected chi connectivity index (χ2v) is 5.36. The lowest BCUT2D eigenvalue weighted by atomic mass is 9.99. The Hall–Kier alpha value is -1.41. The zero-order valence-corrected chi connectivity index (χ0v) is 12.8. The Balaban J connectivity index is 2.45. The highest BCUT2D eigenvalue weighted by Gasteiger charge is 2.18. The molecule has 0 radical (unpaired) electrons. The van der Waals surface area contributed by atoms with E-state index in [1.165, 1.54) is 0 Å². The summed E-state index contributed by atoms with van der Waals surface area (Å²) in [6.07, 6.45) is 0. The van der Waals surface area contributed by atoms with E-state index < -0.39 is 0 Å². The Kier molecular flexibility index (Phi) is 3.91. The minimum Gasteiger partial charge on any atom is -0.496 e. The van der Waals surface area contributed by atoms with E-state index >= 15 is 0 Å². The molecule has 2 nitrogen and oxygen atoms in total. The first kappa shape index (κ1) is 14.0. The Morgan fingerprint density at radius 2 is 1.63 bits per heavy atom. The lowest BCUT2D eigenvalue weighted by Gasteiger charge is -2.14. The molecule has 1 unspecified atom stereocenters. The first-order valence-corrected chi connectivity index (χ1v) is 6.73. The average Bonchev–Trinajstić information content (AvgIpc) is 2.67. The average molecular weight is 279 g/mol. The highest BCUT2D eigenvalue weighted by atomic mass is 35.5. The maximum Gasteiger partial charge on any atom is 0.124 e. The normalized spacial score (nSPS) is 12.5. The Bertz CT molecular complexity index is 576. The molecule has 0 N–H and O–H groups in total.